The van der Waals surface area contributed by atoms with E-state index in [-0.39, 0.29) is 12.5 Å². The Labute approximate surface area is 90.9 Å². The molecule has 0 aromatic carbocycles. The first kappa shape index (κ1) is 12.5. The van der Waals surface area contributed by atoms with Gasteiger partial charge in [-0.2, -0.15) is 0 Å². The van der Waals surface area contributed by atoms with Crippen LogP contribution >= 0.6 is 0 Å². The number of likely N-dealkylation sites (tertiary alicyclic amines) is 1. The van der Waals surface area contributed by atoms with Crippen molar-refractivity contribution >= 4 is 5.97 Å². The highest BCUT2D eigenvalue weighted by molar-refractivity contribution is 5.66. The third-order valence-electron chi connectivity index (χ3n) is 3.08. The number of hydrogen-bond donors (Lipinski definition) is 2. The van der Waals surface area contributed by atoms with Crippen molar-refractivity contribution in [3.8, 4) is 0 Å². The smallest absolute Gasteiger partial charge is 0.304 e. The molecule has 0 spiro atoms. The van der Waals surface area contributed by atoms with Gasteiger partial charge in [-0.15, -0.1) is 0 Å². The predicted octanol–water partition coefficient (Wildman–Crippen LogP) is 0.944. The van der Waals surface area contributed by atoms with Crippen LogP contribution in [0.5, 0.6) is 0 Å². The highest BCUT2D eigenvalue weighted by Gasteiger charge is 2.26. The second-order valence-electron chi connectivity index (χ2n) is 4.35. The number of nitrogens with zero attached hydrogens (tertiary/aromatic N) is 1. The van der Waals surface area contributed by atoms with Crippen LogP contribution in [-0.2, 0) is 4.79 Å². The first-order chi connectivity index (χ1) is 7.13. The van der Waals surface area contributed by atoms with Crippen LogP contribution in [0.4, 0.5) is 0 Å². The fraction of sp³-hybridized carbons (Fsp3) is 0.909. The van der Waals surface area contributed by atoms with Crippen molar-refractivity contribution in [2.75, 3.05) is 19.6 Å². The summed E-state index contributed by atoms with van der Waals surface area (Å²) in [7, 11) is 0. The molecule has 1 aliphatic heterocycles. The largest absolute Gasteiger partial charge is 0.481 e. The van der Waals surface area contributed by atoms with E-state index in [2.05, 4.69) is 11.8 Å². The molecule has 0 saturated carbocycles. The van der Waals surface area contributed by atoms with Gasteiger partial charge in [-0.25, -0.2) is 0 Å². The van der Waals surface area contributed by atoms with Crippen LogP contribution in [0, 0.1) is 5.92 Å². The number of rotatable bonds is 5. The van der Waals surface area contributed by atoms with Crippen molar-refractivity contribution in [2.45, 2.75) is 38.7 Å². The molecule has 15 heavy (non-hydrogen) atoms. The Morgan fingerprint density at radius 1 is 1.53 bits per heavy atom. The highest BCUT2D eigenvalue weighted by Crippen LogP contribution is 2.21. The standard InChI is InChI=1S/C11H21NO3/c1-2-3-9-8-12(6-4-10(9)13)7-5-11(14)15/h9-10,13H,2-8H2,1H3,(H,14,15)/t9-,10-/m1/s1. The van der Waals surface area contributed by atoms with E-state index < -0.39 is 5.97 Å². The Morgan fingerprint density at radius 2 is 2.27 bits per heavy atom. The van der Waals surface area contributed by atoms with Gasteiger partial charge in [0.15, 0.2) is 0 Å². The molecule has 0 bridgehead atoms. The number of hydrogen-bond acceptors (Lipinski definition) is 3. The normalized spacial score (nSPS) is 27.9. The number of aliphatic hydroxyl groups excluding tert-OH is 1. The fourth-order valence-electron chi connectivity index (χ4n) is 2.21. The molecule has 0 aromatic heterocycles. The van der Waals surface area contributed by atoms with Gasteiger partial charge >= 0.3 is 5.97 Å². The predicted molar refractivity (Wildman–Crippen MR) is 57.7 cm³/mol. The maximum Gasteiger partial charge on any atom is 0.304 e. The number of carbonyl (C=O) groups is 1. The molecular weight excluding hydrogens is 194 g/mol. The van der Waals surface area contributed by atoms with Crippen LogP contribution < -0.4 is 0 Å². The molecule has 4 nitrogen and oxygen atoms in total. The molecule has 1 rings (SSSR count). The van der Waals surface area contributed by atoms with Crippen LogP contribution in [0.15, 0.2) is 0 Å². The lowest BCUT2D eigenvalue weighted by atomic mass is 9.91. The minimum absolute atomic E-state index is 0.189. The summed E-state index contributed by atoms with van der Waals surface area (Å²) in [5, 5.41) is 18.3. The molecule has 0 aromatic rings. The number of carboxylic acid groups (broad SMARTS) is 1. The summed E-state index contributed by atoms with van der Waals surface area (Å²) in [6, 6.07) is 0. The average Bonchev–Trinajstić information content (AvgIpc) is 2.19. The van der Waals surface area contributed by atoms with E-state index in [1.54, 1.807) is 0 Å². The minimum atomic E-state index is -0.742. The van der Waals surface area contributed by atoms with E-state index >= 15 is 0 Å². The van der Waals surface area contributed by atoms with E-state index in [1.807, 2.05) is 0 Å². The Kier molecular flexibility index (Phi) is 5.05. The van der Waals surface area contributed by atoms with E-state index in [0.717, 1.165) is 32.4 Å². The molecule has 0 amide bonds. The first-order valence-electron chi connectivity index (χ1n) is 5.75. The molecule has 88 valence electrons. The molecule has 0 radical (unpaired) electrons. The van der Waals surface area contributed by atoms with Crippen molar-refractivity contribution in [3.05, 3.63) is 0 Å². The Hall–Kier alpha value is -0.610. The lowest BCUT2D eigenvalue weighted by Crippen LogP contribution is -2.43. The molecule has 1 saturated heterocycles. The molecule has 1 heterocycles. The minimum Gasteiger partial charge on any atom is -0.481 e. The monoisotopic (exact) mass is 215 g/mol. The number of aliphatic hydroxyl groups is 1. The summed E-state index contributed by atoms with van der Waals surface area (Å²) in [6.45, 7) is 4.40. The molecule has 0 aliphatic carbocycles. The van der Waals surface area contributed by atoms with Gasteiger partial charge in [0.05, 0.1) is 12.5 Å². The van der Waals surface area contributed by atoms with Gasteiger partial charge in [0.25, 0.3) is 0 Å². The van der Waals surface area contributed by atoms with E-state index in [9.17, 15) is 9.90 Å². The molecule has 0 unspecified atom stereocenters. The second kappa shape index (κ2) is 6.08. The van der Waals surface area contributed by atoms with Crippen LogP contribution in [-0.4, -0.2) is 46.8 Å². The Bertz CT molecular complexity index is 208. The van der Waals surface area contributed by atoms with Crippen LogP contribution in [0.2, 0.25) is 0 Å². The zero-order valence-electron chi connectivity index (χ0n) is 9.35. The van der Waals surface area contributed by atoms with Crippen LogP contribution in [0.3, 0.4) is 0 Å². The molecule has 4 heteroatoms. The summed E-state index contributed by atoms with van der Waals surface area (Å²) in [4.78, 5) is 12.6. The summed E-state index contributed by atoms with van der Waals surface area (Å²) >= 11 is 0. The lowest BCUT2D eigenvalue weighted by Gasteiger charge is -2.35. The summed E-state index contributed by atoms with van der Waals surface area (Å²) in [5.74, 6) is -0.411. The number of piperidine rings is 1. The zero-order chi connectivity index (χ0) is 11.3. The average molecular weight is 215 g/mol. The maximum absolute atomic E-state index is 10.4. The highest BCUT2D eigenvalue weighted by atomic mass is 16.4. The maximum atomic E-state index is 10.4. The SMILES string of the molecule is CCC[C@@H]1CN(CCC(=O)O)CC[C@H]1O. The molecule has 1 fully saturated rings. The van der Waals surface area contributed by atoms with Crippen molar-refractivity contribution in [1.29, 1.82) is 0 Å². The Morgan fingerprint density at radius 3 is 2.87 bits per heavy atom. The Balaban J connectivity index is 2.32. The van der Waals surface area contributed by atoms with Crippen molar-refractivity contribution < 1.29 is 15.0 Å². The van der Waals surface area contributed by atoms with Gasteiger partial charge in [0.1, 0.15) is 0 Å². The summed E-state index contributed by atoms with van der Waals surface area (Å²) < 4.78 is 0. The van der Waals surface area contributed by atoms with E-state index in [0.29, 0.717) is 12.5 Å². The molecule has 2 atom stereocenters. The second-order valence-corrected chi connectivity index (χ2v) is 4.35. The molecular formula is C11H21NO3. The van der Waals surface area contributed by atoms with E-state index in [1.165, 1.54) is 0 Å². The van der Waals surface area contributed by atoms with Gasteiger partial charge in [-0.05, 0) is 18.8 Å². The molecule has 2 N–H and O–H groups in total. The van der Waals surface area contributed by atoms with E-state index in [4.69, 9.17) is 5.11 Å². The third-order valence-corrected chi connectivity index (χ3v) is 3.08. The van der Waals surface area contributed by atoms with Crippen molar-refractivity contribution in [3.63, 3.8) is 0 Å². The van der Waals surface area contributed by atoms with Gasteiger partial charge in [-0.1, -0.05) is 13.3 Å². The van der Waals surface area contributed by atoms with Gasteiger partial charge in [-0.3, -0.25) is 4.79 Å². The van der Waals surface area contributed by atoms with Crippen LogP contribution in [0.1, 0.15) is 32.6 Å². The van der Waals surface area contributed by atoms with Crippen molar-refractivity contribution in [1.82, 2.24) is 4.90 Å². The van der Waals surface area contributed by atoms with Gasteiger partial charge in [0, 0.05) is 19.6 Å². The molecule has 1 aliphatic rings. The summed E-state index contributed by atoms with van der Waals surface area (Å²) in [5.41, 5.74) is 0. The topological polar surface area (TPSA) is 60.8 Å². The van der Waals surface area contributed by atoms with Crippen molar-refractivity contribution in [2.24, 2.45) is 5.92 Å². The summed E-state index contributed by atoms with van der Waals surface area (Å²) in [6.07, 6.45) is 2.91. The van der Waals surface area contributed by atoms with Crippen LogP contribution in [0.25, 0.3) is 0 Å². The number of aliphatic carboxylic acids is 1. The first-order valence-corrected chi connectivity index (χ1v) is 5.75. The zero-order valence-corrected chi connectivity index (χ0v) is 9.35. The third kappa shape index (κ3) is 4.18. The quantitative estimate of drug-likeness (QED) is 0.716. The lowest BCUT2D eigenvalue weighted by molar-refractivity contribution is -0.137. The number of carboxylic acids is 1. The van der Waals surface area contributed by atoms with Gasteiger partial charge in [0.2, 0.25) is 0 Å². The van der Waals surface area contributed by atoms with Gasteiger partial charge < -0.3 is 15.1 Å². The fourth-order valence-corrected chi connectivity index (χ4v) is 2.21.